The quantitative estimate of drug-likeness (QED) is 0.894. The first-order valence-corrected chi connectivity index (χ1v) is 6.14. The highest BCUT2D eigenvalue weighted by Gasteiger charge is 2.16. The highest BCUT2D eigenvalue weighted by molar-refractivity contribution is 6.07. The van der Waals surface area contributed by atoms with E-state index in [0.29, 0.717) is 5.56 Å². The Labute approximate surface area is 113 Å². The van der Waals surface area contributed by atoms with Crippen LogP contribution in [0.3, 0.4) is 0 Å². The first kappa shape index (κ1) is 13.1. The Hall–Kier alpha value is -2.29. The van der Waals surface area contributed by atoms with Crippen molar-refractivity contribution in [2.24, 2.45) is 0 Å². The third-order valence-electron chi connectivity index (χ3n) is 3.22. The number of rotatable bonds is 2. The standard InChI is InChI=1S/C16H17NO2/c1-11-6-4-5-7-15(11)17(3)16(19)14-9-8-13(18)10-12(14)2/h4-10,18H,1-3H3. The van der Waals surface area contributed by atoms with Crippen LogP contribution in [0.5, 0.6) is 5.75 Å². The minimum Gasteiger partial charge on any atom is -0.508 e. The largest absolute Gasteiger partial charge is 0.508 e. The number of hydrogen-bond donors (Lipinski definition) is 1. The molecule has 19 heavy (non-hydrogen) atoms. The summed E-state index contributed by atoms with van der Waals surface area (Å²) in [5.74, 6) is 0.0967. The first-order valence-electron chi connectivity index (χ1n) is 6.14. The lowest BCUT2D eigenvalue weighted by atomic mass is 10.1. The van der Waals surface area contributed by atoms with Crippen molar-refractivity contribution in [3.05, 3.63) is 59.2 Å². The Balaban J connectivity index is 2.37. The van der Waals surface area contributed by atoms with Gasteiger partial charge in [0.25, 0.3) is 5.91 Å². The van der Waals surface area contributed by atoms with Gasteiger partial charge in [-0.25, -0.2) is 0 Å². The molecule has 0 fully saturated rings. The number of phenolic OH excluding ortho intramolecular Hbond substituents is 1. The zero-order chi connectivity index (χ0) is 14.0. The van der Waals surface area contributed by atoms with Crippen molar-refractivity contribution in [1.29, 1.82) is 0 Å². The van der Waals surface area contributed by atoms with Crippen LogP contribution in [-0.4, -0.2) is 18.1 Å². The van der Waals surface area contributed by atoms with E-state index in [9.17, 15) is 9.90 Å². The van der Waals surface area contributed by atoms with Crippen LogP contribution in [-0.2, 0) is 0 Å². The third-order valence-corrected chi connectivity index (χ3v) is 3.22. The monoisotopic (exact) mass is 255 g/mol. The van der Waals surface area contributed by atoms with Gasteiger partial charge in [0.15, 0.2) is 0 Å². The number of amides is 1. The fraction of sp³-hybridized carbons (Fsp3) is 0.188. The van der Waals surface area contributed by atoms with Crippen molar-refractivity contribution in [3.63, 3.8) is 0 Å². The number of carbonyl (C=O) groups is 1. The van der Waals surface area contributed by atoms with Gasteiger partial charge in [0, 0.05) is 18.3 Å². The topological polar surface area (TPSA) is 40.5 Å². The molecule has 3 heteroatoms. The van der Waals surface area contributed by atoms with Crippen LogP contribution < -0.4 is 4.90 Å². The Bertz CT molecular complexity index is 620. The van der Waals surface area contributed by atoms with Crippen molar-refractivity contribution in [2.45, 2.75) is 13.8 Å². The van der Waals surface area contributed by atoms with E-state index in [1.165, 1.54) is 6.07 Å². The van der Waals surface area contributed by atoms with Crippen molar-refractivity contribution in [3.8, 4) is 5.75 Å². The van der Waals surface area contributed by atoms with Gasteiger partial charge in [-0.05, 0) is 49.2 Å². The minimum absolute atomic E-state index is 0.0770. The molecule has 1 amide bonds. The van der Waals surface area contributed by atoms with Gasteiger partial charge in [-0.15, -0.1) is 0 Å². The molecule has 0 radical (unpaired) electrons. The fourth-order valence-corrected chi connectivity index (χ4v) is 2.12. The van der Waals surface area contributed by atoms with E-state index in [0.717, 1.165) is 16.8 Å². The van der Waals surface area contributed by atoms with Gasteiger partial charge in [0.05, 0.1) is 0 Å². The van der Waals surface area contributed by atoms with E-state index < -0.39 is 0 Å². The van der Waals surface area contributed by atoms with Crippen molar-refractivity contribution in [2.75, 3.05) is 11.9 Å². The summed E-state index contributed by atoms with van der Waals surface area (Å²) in [6.45, 7) is 3.79. The predicted molar refractivity (Wildman–Crippen MR) is 76.8 cm³/mol. The van der Waals surface area contributed by atoms with Crippen LogP contribution in [0.15, 0.2) is 42.5 Å². The molecule has 0 spiro atoms. The average Bonchev–Trinajstić information content (AvgIpc) is 2.38. The molecule has 1 N–H and O–H groups in total. The third kappa shape index (κ3) is 2.60. The summed E-state index contributed by atoms with van der Waals surface area (Å²) in [5, 5.41) is 9.39. The molecule has 0 aliphatic heterocycles. The maximum atomic E-state index is 12.5. The van der Waals surface area contributed by atoms with E-state index in [1.807, 2.05) is 38.1 Å². The summed E-state index contributed by atoms with van der Waals surface area (Å²) in [6.07, 6.45) is 0. The highest BCUT2D eigenvalue weighted by atomic mass is 16.3. The molecule has 0 heterocycles. The highest BCUT2D eigenvalue weighted by Crippen LogP contribution is 2.22. The second-order valence-corrected chi connectivity index (χ2v) is 4.65. The number of aryl methyl sites for hydroxylation is 2. The number of para-hydroxylation sites is 1. The van der Waals surface area contributed by atoms with Crippen LogP contribution in [0.4, 0.5) is 5.69 Å². The number of benzene rings is 2. The molecular weight excluding hydrogens is 238 g/mol. The number of hydrogen-bond acceptors (Lipinski definition) is 2. The smallest absolute Gasteiger partial charge is 0.258 e. The minimum atomic E-state index is -0.0770. The molecular formula is C16H17NO2. The van der Waals surface area contributed by atoms with Gasteiger partial charge >= 0.3 is 0 Å². The summed E-state index contributed by atoms with van der Waals surface area (Å²) in [4.78, 5) is 14.1. The number of phenols is 1. The van der Waals surface area contributed by atoms with Crippen LogP contribution >= 0.6 is 0 Å². The summed E-state index contributed by atoms with van der Waals surface area (Å²) in [5.41, 5.74) is 3.31. The number of nitrogens with zero attached hydrogens (tertiary/aromatic N) is 1. The predicted octanol–water partition coefficient (Wildman–Crippen LogP) is 3.29. The normalized spacial score (nSPS) is 10.3. The molecule has 0 saturated carbocycles. The lowest BCUT2D eigenvalue weighted by Crippen LogP contribution is -2.27. The van der Waals surface area contributed by atoms with E-state index in [2.05, 4.69) is 0 Å². The molecule has 0 unspecified atom stereocenters. The second kappa shape index (κ2) is 5.14. The Morgan fingerprint density at radius 1 is 1.05 bits per heavy atom. The van der Waals surface area contributed by atoms with Gasteiger partial charge < -0.3 is 10.0 Å². The molecule has 98 valence electrons. The van der Waals surface area contributed by atoms with Gasteiger partial charge in [0.1, 0.15) is 5.75 Å². The average molecular weight is 255 g/mol. The zero-order valence-electron chi connectivity index (χ0n) is 11.3. The van der Waals surface area contributed by atoms with Crippen LogP contribution in [0.1, 0.15) is 21.5 Å². The van der Waals surface area contributed by atoms with Crippen LogP contribution in [0.25, 0.3) is 0 Å². The maximum Gasteiger partial charge on any atom is 0.258 e. The number of anilines is 1. The summed E-state index contributed by atoms with van der Waals surface area (Å²) in [6, 6.07) is 12.5. The maximum absolute atomic E-state index is 12.5. The lowest BCUT2D eigenvalue weighted by Gasteiger charge is -2.20. The second-order valence-electron chi connectivity index (χ2n) is 4.65. The first-order chi connectivity index (χ1) is 9.00. The van der Waals surface area contributed by atoms with Crippen LogP contribution in [0, 0.1) is 13.8 Å². The lowest BCUT2D eigenvalue weighted by molar-refractivity contribution is 0.0992. The molecule has 3 nitrogen and oxygen atoms in total. The number of aromatic hydroxyl groups is 1. The Kier molecular flexibility index (Phi) is 3.56. The van der Waals surface area contributed by atoms with E-state index >= 15 is 0 Å². The molecule has 0 aliphatic carbocycles. The zero-order valence-corrected chi connectivity index (χ0v) is 11.3. The van der Waals surface area contributed by atoms with Crippen molar-refractivity contribution in [1.82, 2.24) is 0 Å². The molecule has 0 saturated heterocycles. The van der Waals surface area contributed by atoms with Gasteiger partial charge in [0.2, 0.25) is 0 Å². The molecule has 0 atom stereocenters. The Morgan fingerprint density at radius 2 is 1.74 bits per heavy atom. The molecule has 2 rings (SSSR count). The van der Waals surface area contributed by atoms with Crippen LogP contribution in [0.2, 0.25) is 0 Å². The van der Waals surface area contributed by atoms with Gasteiger partial charge in [-0.3, -0.25) is 4.79 Å². The number of carbonyl (C=O) groups excluding carboxylic acids is 1. The van der Waals surface area contributed by atoms with E-state index in [4.69, 9.17) is 0 Å². The molecule has 0 bridgehead atoms. The Morgan fingerprint density at radius 3 is 2.37 bits per heavy atom. The summed E-state index contributed by atoms with van der Waals surface area (Å²) >= 11 is 0. The SMILES string of the molecule is Cc1cc(O)ccc1C(=O)N(C)c1ccccc1C. The van der Waals surface area contributed by atoms with Gasteiger partial charge in [-0.2, -0.15) is 0 Å². The molecule has 2 aromatic carbocycles. The molecule has 2 aromatic rings. The van der Waals surface area contributed by atoms with E-state index in [-0.39, 0.29) is 11.7 Å². The van der Waals surface area contributed by atoms with E-state index in [1.54, 1.807) is 24.1 Å². The molecule has 0 aliphatic rings. The molecule has 0 aromatic heterocycles. The summed E-state index contributed by atoms with van der Waals surface area (Å²) < 4.78 is 0. The van der Waals surface area contributed by atoms with Gasteiger partial charge in [-0.1, -0.05) is 18.2 Å². The fourth-order valence-electron chi connectivity index (χ4n) is 2.12. The van der Waals surface area contributed by atoms with Crippen molar-refractivity contribution >= 4 is 11.6 Å². The van der Waals surface area contributed by atoms with Crippen molar-refractivity contribution < 1.29 is 9.90 Å². The summed E-state index contributed by atoms with van der Waals surface area (Å²) in [7, 11) is 1.76.